The van der Waals surface area contributed by atoms with Gasteiger partial charge in [-0.25, -0.2) is 0 Å². The van der Waals surface area contributed by atoms with Crippen LogP contribution in [0.1, 0.15) is 127 Å². The van der Waals surface area contributed by atoms with Crippen molar-refractivity contribution in [2.75, 3.05) is 0 Å². The Kier molecular flexibility index (Phi) is 10.3. The van der Waals surface area contributed by atoms with E-state index in [2.05, 4.69) is 152 Å². The minimum absolute atomic E-state index is 0.0922. The summed E-state index contributed by atoms with van der Waals surface area (Å²) in [7, 11) is 17.5. The summed E-state index contributed by atoms with van der Waals surface area (Å²) in [4.78, 5) is 0. The molecule has 0 aliphatic heterocycles. The molecule has 0 N–H and O–H groups in total. The van der Waals surface area contributed by atoms with E-state index in [9.17, 15) is 0 Å². The van der Waals surface area contributed by atoms with Gasteiger partial charge in [0.05, 0.1) is 0 Å². The molecule has 0 radical (unpaired) electrons. The van der Waals surface area contributed by atoms with Crippen molar-refractivity contribution < 1.29 is 15.6 Å². The predicted octanol–water partition coefficient (Wildman–Crippen LogP) is 15.0. The van der Waals surface area contributed by atoms with Crippen molar-refractivity contribution in [3.8, 4) is 22.3 Å². The monoisotopic (exact) mass is 809 g/mol. The average Bonchev–Trinajstić information content (AvgIpc) is 3.73. The maximum absolute atomic E-state index is 8.74. The van der Waals surface area contributed by atoms with E-state index in [4.69, 9.17) is 17.0 Å². The van der Waals surface area contributed by atoms with Gasteiger partial charge in [0.2, 0.25) is 0 Å². The summed E-state index contributed by atoms with van der Waals surface area (Å²) in [5, 5.41) is 0. The quantitative estimate of drug-likeness (QED) is 0.156. The molecule has 4 heteroatoms. The topological polar surface area (TPSA) is 0 Å². The Morgan fingerprint density at radius 3 is 1.75 bits per heavy atom. The number of benzene rings is 4. The zero-order valence-electron chi connectivity index (χ0n) is 32.1. The normalized spacial score (nSPS) is 20.2. The maximum atomic E-state index is 8.74. The number of hydrogen-bond donors (Lipinski definition) is 0. The van der Waals surface area contributed by atoms with E-state index in [0.717, 1.165) is 6.42 Å². The second-order valence-electron chi connectivity index (χ2n) is 17.5. The fourth-order valence-corrected chi connectivity index (χ4v) is 41.5. The van der Waals surface area contributed by atoms with E-state index in [1.54, 1.807) is 0 Å². The van der Waals surface area contributed by atoms with Gasteiger partial charge < -0.3 is 0 Å². The number of allylic oxidation sites excluding steroid dienone is 2. The molecular formula is C47H57Cl2SiZr. The molecule has 0 saturated heterocycles. The van der Waals surface area contributed by atoms with E-state index in [1.165, 1.54) is 98.9 Å². The van der Waals surface area contributed by atoms with Crippen molar-refractivity contribution >= 4 is 35.1 Å². The summed E-state index contributed by atoms with van der Waals surface area (Å²) in [5.41, 5.74) is 16.5. The third-order valence-electron chi connectivity index (χ3n) is 12.9. The number of halogens is 2. The van der Waals surface area contributed by atoms with Gasteiger partial charge in [0.25, 0.3) is 0 Å². The zero-order chi connectivity index (χ0) is 36.3. The molecule has 51 heavy (non-hydrogen) atoms. The molecule has 2 atom stereocenters. The number of rotatable bonds is 8. The summed E-state index contributed by atoms with van der Waals surface area (Å²) in [6.45, 7) is 18.8. The molecule has 0 aromatic heterocycles. The van der Waals surface area contributed by atoms with E-state index < -0.39 is 21.5 Å². The zero-order valence-corrected chi connectivity index (χ0v) is 37.2. The Morgan fingerprint density at radius 2 is 1.24 bits per heavy atom. The number of fused-ring (bicyclic) bond motifs is 2. The fraction of sp³-hybridized carbons (Fsp3) is 0.404. The third kappa shape index (κ3) is 6.41. The van der Waals surface area contributed by atoms with Crippen LogP contribution in [-0.4, -0.2) is 5.92 Å². The van der Waals surface area contributed by atoms with Crippen molar-refractivity contribution in [2.24, 2.45) is 5.92 Å². The minimum atomic E-state index is -4.85. The molecule has 1 saturated carbocycles. The van der Waals surface area contributed by atoms with Crippen LogP contribution in [0.15, 0.2) is 96.1 Å². The van der Waals surface area contributed by atoms with Gasteiger partial charge in [0.15, 0.2) is 0 Å². The Bertz CT molecular complexity index is 1990. The summed E-state index contributed by atoms with van der Waals surface area (Å²) >= 11 is -4.85. The van der Waals surface area contributed by atoms with Crippen molar-refractivity contribution in [3.63, 3.8) is 0 Å². The summed E-state index contributed by atoms with van der Waals surface area (Å²) in [6, 6.07) is 32.7. The molecule has 1 fully saturated rings. The molecule has 7 rings (SSSR count). The summed E-state index contributed by atoms with van der Waals surface area (Å²) < 4.78 is 0.199. The van der Waals surface area contributed by atoms with Crippen LogP contribution < -0.4 is 0 Å². The summed E-state index contributed by atoms with van der Waals surface area (Å²) in [5.74, 6) is -0.581. The van der Waals surface area contributed by atoms with Crippen LogP contribution in [0.25, 0.3) is 34.4 Å². The molecule has 267 valence electrons. The molecule has 0 nitrogen and oxygen atoms in total. The van der Waals surface area contributed by atoms with E-state index >= 15 is 0 Å². The van der Waals surface area contributed by atoms with Gasteiger partial charge in [-0.1, -0.05) is 0 Å². The van der Waals surface area contributed by atoms with Gasteiger partial charge in [-0.2, -0.15) is 0 Å². The molecule has 0 bridgehead atoms. The van der Waals surface area contributed by atoms with Gasteiger partial charge in [-0.05, 0) is 0 Å². The van der Waals surface area contributed by atoms with Crippen molar-refractivity contribution in [1.82, 2.24) is 0 Å². The van der Waals surface area contributed by atoms with Gasteiger partial charge in [-0.3, -0.25) is 0 Å². The first-order chi connectivity index (χ1) is 24.2. The van der Waals surface area contributed by atoms with Crippen molar-refractivity contribution in [3.05, 3.63) is 129 Å². The Labute approximate surface area is 317 Å². The van der Waals surface area contributed by atoms with Crippen LogP contribution in [0.5, 0.6) is 0 Å². The van der Waals surface area contributed by atoms with Crippen LogP contribution >= 0.6 is 17.0 Å². The molecule has 2 unspecified atom stereocenters. The van der Waals surface area contributed by atoms with Gasteiger partial charge in [0, 0.05) is 0 Å². The second-order valence-corrected chi connectivity index (χ2v) is 60.0. The SMILES string of the molecule is CCC1=Cc2c(-c3ccc(C4CCCCC4)cc3)cccc2[CH]1[Zr]([Cl])([Cl])([CH]1C(C(C)C)=Cc2c(-c3ccc(C(C)(C)C)cc3)cccc21)[SiH](C)C. The first-order valence-corrected chi connectivity index (χ1v) is 36.0. The average molecular weight is 812 g/mol. The second kappa shape index (κ2) is 14.0. The van der Waals surface area contributed by atoms with E-state index in [-0.39, 0.29) is 12.7 Å². The van der Waals surface area contributed by atoms with Crippen LogP contribution in [0, 0.1) is 5.92 Å². The number of hydrogen-bond acceptors (Lipinski definition) is 0. The molecule has 0 amide bonds. The molecule has 3 aliphatic carbocycles. The van der Waals surface area contributed by atoms with E-state index in [0.29, 0.717) is 11.8 Å². The molecule has 4 aromatic rings. The summed E-state index contributed by atoms with van der Waals surface area (Å²) in [6.07, 6.45) is 12.7. The Balaban J connectivity index is 1.35. The van der Waals surface area contributed by atoms with Crippen molar-refractivity contribution in [1.29, 1.82) is 0 Å². The van der Waals surface area contributed by atoms with Gasteiger partial charge in [0.1, 0.15) is 0 Å². The van der Waals surface area contributed by atoms with Crippen LogP contribution in [0.2, 0.25) is 13.1 Å². The molecule has 0 spiro atoms. The van der Waals surface area contributed by atoms with Crippen LogP contribution in [0.3, 0.4) is 0 Å². The van der Waals surface area contributed by atoms with Gasteiger partial charge >= 0.3 is 320 Å². The first kappa shape index (κ1) is 37.4. The third-order valence-corrected chi connectivity index (χ3v) is 64.6. The Hall–Kier alpha value is -1.96. The predicted molar refractivity (Wildman–Crippen MR) is 225 cm³/mol. The molecular weight excluding hydrogens is 755 g/mol. The van der Waals surface area contributed by atoms with E-state index in [1.807, 2.05) is 0 Å². The standard InChI is InChI=1S/C23H25.C22H25.C2H7Si.2ClH.Zr/c1-2-17-15-21-9-6-10-22(23(21)16-17)20-13-11-19(12-14-20)18-7-4-3-5-8-18;1-15(2)18-13-17-7-6-8-20(21(17)14-18)16-9-11-19(12-10-16)22(3,4)5;1-3-2;;;/h6,9-16,18H,2-5,7-8H2,1H3;6-15H,1-5H3;3H,1-2H3;2*1H;/q;;;;;+2/p-2. The Morgan fingerprint density at radius 1 is 0.706 bits per heavy atom. The molecule has 0 heterocycles. The molecule has 4 aromatic carbocycles. The first-order valence-electron chi connectivity index (χ1n) is 19.7. The van der Waals surface area contributed by atoms with Gasteiger partial charge in [-0.15, -0.1) is 0 Å². The van der Waals surface area contributed by atoms with Crippen LogP contribution in [0.4, 0.5) is 0 Å². The fourth-order valence-electron chi connectivity index (χ4n) is 9.82. The van der Waals surface area contributed by atoms with Crippen LogP contribution in [-0.2, 0) is 21.0 Å². The molecule has 3 aliphatic rings. The van der Waals surface area contributed by atoms with Crippen molar-refractivity contribution in [2.45, 2.75) is 112 Å².